The second kappa shape index (κ2) is 23.4. The fourth-order valence-electron chi connectivity index (χ4n) is 9.49. The first-order chi connectivity index (χ1) is 32.3. The number of rotatable bonds is 3. The van der Waals surface area contributed by atoms with Gasteiger partial charge in [-0.3, -0.25) is 0 Å². The van der Waals surface area contributed by atoms with Crippen molar-refractivity contribution in [2.75, 3.05) is 0 Å². The number of hydrogen-bond acceptors (Lipinski definition) is 6. The first-order valence-corrected chi connectivity index (χ1v) is 21.8. The van der Waals surface area contributed by atoms with Gasteiger partial charge in [0.1, 0.15) is 34.5 Å². The number of hydrogen-bond donors (Lipinski definition) is 6. The van der Waals surface area contributed by atoms with Gasteiger partial charge in [-0.15, -0.1) is 0 Å². The summed E-state index contributed by atoms with van der Waals surface area (Å²) in [6, 6.07) is 57.3. The molecule has 4 radical (unpaired) electrons. The minimum absolute atomic E-state index is 0. The molecule has 2 atom stereocenters. The minimum atomic E-state index is 0. The number of phenols is 5. The van der Waals surface area contributed by atoms with Gasteiger partial charge in [0.05, 0.1) is 0 Å². The monoisotopic (exact) mass is 1020 g/mol. The van der Waals surface area contributed by atoms with E-state index < -0.39 is 0 Å². The molecule has 0 fully saturated rings. The van der Waals surface area contributed by atoms with Gasteiger partial charge in [0, 0.05) is 137 Å². The molecule has 2 aliphatic rings. The molecule has 0 spiro atoms. The van der Waals surface area contributed by atoms with Gasteiger partial charge in [0.15, 0.2) is 0 Å². The summed E-state index contributed by atoms with van der Waals surface area (Å²) < 4.78 is 0. The number of benzene rings is 10. The van der Waals surface area contributed by atoms with Crippen molar-refractivity contribution in [2.24, 2.45) is 11.8 Å². The minimum Gasteiger partial charge on any atom is -0.508 e. The van der Waals surface area contributed by atoms with E-state index in [1.54, 1.807) is 36.4 Å². The molecule has 6 nitrogen and oxygen atoms in total. The third-order valence-electron chi connectivity index (χ3n) is 12.6. The van der Waals surface area contributed by atoms with Gasteiger partial charge < -0.3 is 30.6 Å². The molecule has 10 aromatic rings. The summed E-state index contributed by atoms with van der Waals surface area (Å²) in [4.78, 5) is 0. The average Bonchev–Trinajstić information content (AvgIpc) is 3.35. The Kier molecular flexibility index (Phi) is 17.9. The molecule has 0 amide bonds. The predicted octanol–water partition coefficient (Wildman–Crippen LogP) is 13.7. The molecule has 0 aliphatic heterocycles. The van der Waals surface area contributed by atoms with Gasteiger partial charge in [-0.25, -0.2) is 0 Å². The number of fused-ring (bicyclic) bond motifs is 6. The summed E-state index contributed by atoms with van der Waals surface area (Å²) >= 11 is 0. The van der Waals surface area contributed by atoms with E-state index in [-0.39, 0.29) is 139 Å². The molecule has 0 aromatic heterocycles. The third kappa shape index (κ3) is 10.3. The number of aliphatic hydroxyl groups is 1. The maximum absolute atomic E-state index is 10.5. The number of phenolic OH excluding ortho intramolecular Hbond substituents is 5. The van der Waals surface area contributed by atoms with E-state index in [1.165, 1.54) is 0 Å². The Balaban J connectivity index is 0.000000167. The molecule has 12 rings (SSSR count). The molecule has 10 heteroatoms. The maximum atomic E-state index is 10.5. The Hall–Kier alpha value is -5.75. The van der Waals surface area contributed by atoms with Crippen molar-refractivity contribution < 1.29 is 66.2 Å². The van der Waals surface area contributed by atoms with Gasteiger partial charge in [0.25, 0.3) is 0 Å². The van der Waals surface area contributed by atoms with Crippen LogP contribution in [0.15, 0.2) is 224 Å². The average molecular weight is 1020 g/mol. The van der Waals surface area contributed by atoms with Crippen LogP contribution in [-0.4, -0.2) is 87.2 Å². The molecule has 6 N–H and O–H groups in total. The second-order valence-electron chi connectivity index (χ2n) is 16.4. The number of aromatic hydroxyl groups is 5. The molecule has 2 unspecified atom stereocenters. The Labute approximate surface area is 470 Å². The zero-order valence-electron chi connectivity index (χ0n) is 39.2. The van der Waals surface area contributed by atoms with E-state index in [4.69, 9.17) is 0 Å². The zero-order valence-corrected chi connectivity index (χ0v) is 42.8. The summed E-state index contributed by atoms with van der Waals surface area (Å²) in [5.41, 5.74) is 4.22. The largest absolute Gasteiger partial charge is 0.508 e. The number of allylic oxidation sites excluding steroid dienone is 7. The Bertz CT molecular complexity index is 3330. The van der Waals surface area contributed by atoms with Crippen LogP contribution in [0.1, 0.15) is 5.56 Å². The van der Waals surface area contributed by atoms with Gasteiger partial charge in [-0.05, 0) is 90.3 Å². The third-order valence-corrected chi connectivity index (χ3v) is 12.6. The van der Waals surface area contributed by atoms with E-state index in [2.05, 4.69) is 12.2 Å². The van der Waals surface area contributed by atoms with E-state index in [1.807, 2.05) is 170 Å². The molecule has 2 aliphatic carbocycles. The van der Waals surface area contributed by atoms with Crippen LogP contribution in [0.2, 0.25) is 0 Å². The van der Waals surface area contributed by atoms with Crippen molar-refractivity contribution >= 4 is 116 Å². The van der Waals surface area contributed by atoms with Gasteiger partial charge in [0.2, 0.25) is 0 Å². The second-order valence-corrected chi connectivity index (χ2v) is 16.4. The van der Waals surface area contributed by atoms with E-state index in [0.29, 0.717) is 22.3 Å². The normalized spacial score (nSPS) is 14.2. The summed E-state index contributed by atoms with van der Waals surface area (Å²) in [6.45, 7) is 0. The van der Waals surface area contributed by atoms with E-state index in [9.17, 15) is 30.6 Å². The van der Waals surface area contributed by atoms with Crippen LogP contribution in [0.4, 0.5) is 0 Å². The van der Waals surface area contributed by atoms with Gasteiger partial charge >= 0.3 is 0 Å². The van der Waals surface area contributed by atoms with E-state index in [0.717, 1.165) is 65.0 Å². The molecule has 70 heavy (non-hydrogen) atoms. The SMILES string of the molecule is OC1=C(c2c(O)ccc3ccccc23)C2C=CC=CC2C=C1.Oc1ccc2ccccc2c1-c1c(O)ccc2ccccc12.Oc1ccc2ccccc2c1-c1c(O)ccc2ccccc12.[La].[Li].[Li].[Li]. The topological polar surface area (TPSA) is 121 Å². The summed E-state index contributed by atoms with van der Waals surface area (Å²) in [6.07, 6.45) is 12.0. The Morgan fingerprint density at radius 3 is 0.886 bits per heavy atom. The summed E-state index contributed by atoms with van der Waals surface area (Å²) in [5, 5.41) is 72.5. The van der Waals surface area contributed by atoms with Crippen molar-refractivity contribution in [3.05, 3.63) is 230 Å². The van der Waals surface area contributed by atoms with Crippen LogP contribution < -0.4 is 0 Å². The molecule has 0 saturated heterocycles. The maximum Gasteiger partial charge on any atom is 0.124 e. The van der Waals surface area contributed by atoms with Crippen molar-refractivity contribution in [1.29, 1.82) is 0 Å². The first-order valence-electron chi connectivity index (χ1n) is 21.8. The molecular weight excluding hydrogens is 976 g/mol. The Morgan fingerprint density at radius 2 is 0.557 bits per heavy atom. The number of aliphatic hydroxyl groups excluding tert-OH is 1. The van der Waals surface area contributed by atoms with Gasteiger partial charge in [-0.1, -0.05) is 182 Å². The zero-order chi connectivity index (χ0) is 45.3. The van der Waals surface area contributed by atoms with Gasteiger partial charge in [-0.2, -0.15) is 0 Å². The molecule has 0 saturated carbocycles. The van der Waals surface area contributed by atoms with Crippen LogP contribution in [0.3, 0.4) is 0 Å². The quantitative estimate of drug-likeness (QED) is 0.0981. The van der Waals surface area contributed by atoms with Crippen LogP contribution in [-0.2, 0) is 0 Å². The van der Waals surface area contributed by atoms with Crippen molar-refractivity contribution in [3.8, 4) is 51.0 Å². The predicted molar refractivity (Wildman–Crippen MR) is 287 cm³/mol. The van der Waals surface area contributed by atoms with Crippen molar-refractivity contribution in [3.63, 3.8) is 0 Å². The smallest absolute Gasteiger partial charge is 0.124 e. The fourth-order valence-corrected chi connectivity index (χ4v) is 9.49. The molecule has 10 aromatic carbocycles. The van der Waals surface area contributed by atoms with Crippen LogP contribution in [0.5, 0.6) is 28.7 Å². The standard InChI is InChI=1S/C20H16O2.2C20H14O2.La.3Li/c3*21-17-11-9-13-5-1-3-7-15(13)19(17)20-16-8-4-2-6-14(16)10-12-18(20)22;;;;/h1-13,15,21-22H;2*1-12,21-22H;;;;. The van der Waals surface area contributed by atoms with Crippen LogP contribution in [0.25, 0.3) is 81.7 Å². The van der Waals surface area contributed by atoms with Crippen molar-refractivity contribution in [2.45, 2.75) is 0 Å². The van der Waals surface area contributed by atoms with E-state index >= 15 is 0 Å². The molecule has 326 valence electrons. The molecule has 0 heterocycles. The van der Waals surface area contributed by atoms with Crippen LogP contribution in [0, 0.1) is 47.4 Å². The first kappa shape index (κ1) is 53.6. The molecule has 0 bridgehead atoms. The summed E-state index contributed by atoms with van der Waals surface area (Å²) in [5.74, 6) is 1.39. The fraction of sp³-hybridized carbons (Fsp3) is 0.0333. The molecular formula is C60H44LaLi3O6. The summed E-state index contributed by atoms with van der Waals surface area (Å²) in [7, 11) is 0. The van der Waals surface area contributed by atoms with Crippen molar-refractivity contribution in [1.82, 2.24) is 0 Å². The van der Waals surface area contributed by atoms with Crippen LogP contribution >= 0.6 is 0 Å². The Morgan fingerprint density at radius 1 is 0.286 bits per heavy atom.